The van der Waals surface area contributed by atoms with Gasteiger partial charge in [0.25, 0.3) is 11.8 Å². The largest absolute Gasteiger partial charge is 0.420 e. The maximum Gasteiger partial charge on any atom is 0.313 e. The molecule has 0 saturated carbocycles. The third-order valence-electron chi connectivity index (χ3n) is 12.1. The maximum atomic E-state index is 14.0. The lowest BCUT2D eigenvalue weighted by Crippen LogP contribution is -2.47. The van der Waals surface area contributed by atoms with Gasteiger partial charge in [0.05, 0.1) is 157 Å². The lowest BCUT2D eigenvalue weighted by Gasteiger charge is -2.22. The number of amidine groups is 1. The van der Waals surface area contributed by atoms with E-state index in [2.05, 4.69) is 15.0 Å². The van der Waals surface area contributed by atoms with Crippen LogP contribution in [0.5, 0.6) is 5.75 Å². The summed E-state index contributed by atoms with van der Waals surface area (Å²) >= 11 is 0. The highest BCUT2D eigenvalue weighted by atomic mass is 32.2. The molecule has 0 spiro atoms. The monoisotopic (exact) mass is 1250 g/mol. The number of hydrogen-bond acceptors (Lipinski definition) is 21. The zero-order valence-corrected chi connectivity index (χ0v) is 48.9. The van der Waals surface area contributed by atoms with Crippen molar-refractivity contribution in [3.05, 3.63) is 82.4 Å². The Hall–Kier alpha value is -6.10. The zero-order chi connectivity index (χ0) is 62.1. The first-order chi connectivity index (χ1) is 41.5. The molecular formula is C56H75F4N5O20S. The SMILES string of the molecule is CCCN(OCC)C(=O)C1=Cc2ccc(-c3ccc(C(=O)N4COC[C@H]4C(=O)NCCOCCOCCOCCOCCOCCOCCOCCOCCOCCOCCC(=O)Oc4c(F)c(F)c(S(=O)(=O)O)c(F)c4F)cc3)cc2N=C(N)C1. The Morgan fingerprint density at radius 1 is 0.686 bits per heavy atom. The van der Waals surface area contributed by atoms with E-state index in [4.69, 9.17) is 67.2 Å². The molecule has 1 saturated heterocycles. The summed E-state index contributed by atoms with van der Waals surface area (Å²) in [4.78, 5) is 61.0. The van der Waals surface area contributed by atoms with Crippen LogP contribution in [-0.4, -0.2) is 224 Å². The first-order valence-electron chi connectivity index (χ1n) is 27.8. The van der Waals surface area contributed by atoms with Crippen LogP contribution in [0.2, 0.25) is 0 Å². The average Bonchev–Trinajstić information content (AvgIpc) is 1.29. The number of aliphatic imine (C=N–C) groups is 1. The molecule has 2 aliphatic heterocycles. The maximum absolute atomic E-state index is 14.0. The third-order valence-corrected chi connectivity index (χ3v) is 13.0. The number of esters is 1. The molecule has 86 heavy (non-hydrogen) atoms. The second-order valence-electron chi connectivity index (χ2n) is 18.4. The Morgan fingerprint density at radius 3 is 1.64 bits per heavy atom. The van der Waals surface area contributed by atoms with Gasteiger partial charge in [-0.15, -0.1) is 0 Å². The van der Waals surface area contributed by atoms with Crippen molar-refractivity contribution >= 4 is 51.4 Å². The van der Waals surface area contributed by atoms with Crippen LogP contribution in [-0.2, 0) is 81.4 Å². The van der Waals surface area contributed by atoms with Gasteiger partial charge in [0.1, 0.15) is 18.6 Å². The number of ether oxygens (including phenoxy) is 12. The van der Waals surface area contributed by atoms with Crippen molar-refractivity contribution in [2.75, 3.05) is 165 Å². The molecule has 0 aromatic heterocycles. The number of nitrogens with two attached hydrogens (primary N) is 1. The zero-order valence-electron chi connectivity index (χ0n) is 48.0. The Kier molecular flexibility index (Phi) is 32.0. The van der Waals surface area contributed by atoms with Gasteiger partial charge in [-0.25, -0.2) is 18.8 Å². The van der Waals surface area contributed by atoms with Crippen LogP contribution in [0.1, 0.15) is 49.0 Å². The van der Waals surface area contributed by atoms with E-state index in [9.17, 15) is 45.2 Å². The number of hydrogen-bond donors (Lipinski definition) is 3. The minimum absolute atomic E-state index is 0.0120. The van der Waals surface area contributed by atoms with Crippen LogP contribution < -0.4 is 15.8 Å². The third kappa shape index (κ3) is 23.9. The summed E-state index contributed by atoms with van der Waals surface area (Å²) in [5.74, 6) is -13.3. The Bertz CT molecular complexity index is 2770. The Balaban J connectivity index is 0.766. The molecule has 30 heteroatoms. The van der Waals surface area contributed by atoms with E-state index in [1.54, 1.807) is 18.2 Å². The molecule has 0 aliphatic carbocycles. The number of halogens is 4. The number of carbonyl (C=O) groups is 4. The van der Waals surface area contributed by atoms with E-state index in [0.717, 1.165) is 23.1 Å². The molecule has 3 aromatic carbocycles. The van der Waals surface area contributed by atoms with E-state index in [1.165, 1.54) is 9.96 Å². The normalized spacial score (nSPS) is 14.2. The summed E-state index contributed by atoms with van der Waals surface area (Å²) in [6.45, 7) is 10.4. The smallest absolute Gasteiger partial charge is 0.313 e. The highest BCUT2D eigenvalue weighted by Gasteiger charge is 2.36. The van der Waals surface area contributed by atoms with Crippen molar-refractivity contribution in [2.45, 2.75) is 44.0 Å². The molecule has 25 nitrogen and oxygen atoms in total. The van der Waals surface area contributed by atoms with Crippen LogP contribution in [0.15, 0.2) is 57.9 Å². The van der Waals surface area contributed by atoms with Gasteiger partial charge in [0, 0.05) is 36.2 Å². The number of fused-ring (bicyclic) bond motifs is 1. The minimum atomic E-state index is -5.65. The predicted molar refractivity (Wildman–Crippen MR) is 298 cm³/mol. The Morgan fingerprint density at radius 2 is 1.16 bits per heavy atom. The summed E-state index contributed by atoms with van der Waals surface area (Å²) in [7, 11) is -5.65. The predicted octanol–water partition coefficient (Wildman–Crippen LogP) is 4.20. The fraction of sp³-hybridized carbons (Fsp3) is 0.554. The molecule has 0 radical (unpaired) electrons. The molecule has 0 bridgehead atoms. The van der Waals surface area contributed by atoms with E-state index < -0.39 is 62.5 Å². The summed E-state index contributed by atoms with van der Waals surface area (Å²) in [5, 5.41) is 4.18. The van der Waals surface area contributed by atoms with Crippen LogP contribution in [0.3, 0.4) is 0 Å². The van der Waals surface area contributed by atoms with E-state index in [1.807, 2.05) is 44.2 Å². The summed E-state index contributed by atoms with van der Waals surface area (Å²) in [6.07, 6.45) is 2.13. The number of rotatable bonds is 43. The van der Waals surface area contributed by atoms with Crippen LogP contribution in [0.25, 0.3) is 17.2 Å². The summed E-state index contributed by atoms with van der Waals surface area (Å²) in [6, 6.07) is 11.9. The number of amides is 3. The van der Waals surface area contributed by atoms with Crippen molar-refractivity contribution in [3.63, 3.8) is 0 Å². The van der Waals surface area contributed by atoms with Crippen molar-refractivity contribution < 1.29 is 111 Å². The standard InChI is InChI=1S/C56H75F4N5O20S/c1-3-13-65(84-4-2)56(69)43-34-42-10-9-41(35-44(42)63-46(61)36-43)39-5-7-40(8-6-39)55(68)64-38-83-37-45(64)54(67)62-12-15-74-17-19-76-21-23-78-25-27-80-29-31-82-33-32-81-30-28-79-26-24-77-22-20-75-18-16-73-14-11-47(66)85-52-48(57)50(59)53(86(70,71)72)51(60)49(52)58/h5-10,34-35,45H,3-4,11-33,36-38H2,1-2H3,(H2,61,63)(H,62,67)(H,70,71,72)/t45-/m0/s1. The molecule has 2 heterocycles. The molecule has 1 fully saturated rings. The van der Waals surface area contributed by atoms with E-state index >= 15 is 0 Å². The van der Waals surface area contributed by atoms with Gasteiger partial charge < -0.3 is 72.8 Å². The fourth-order valence-electron chi connectivity index (χ4n) is 7.96. The lowest BCUT2D eigenvalue weighted by atomic mass is 9.99. The molecule has 2 aliphatic rings. The van der Waals surface area contributed by atoms with Crippen LogP contribution >= 0.6 is 0 Å². The van der Waals surface area contributed by atoms with Crippen LogP contribution in [0, 0.1) is 23.3 Å². The second kappa shape index (κ2) is 38.9. The number of nitrogens with zero attached hydrogens (tertiary/aromatic N) is 3. The summed E-state index contributed by atoms with van der Waals surface area (Å²) < 4.78 is 151. The molecule has 1 atom stereocenters. The number of carbonyl (C=O) groups excluding carboxylic acids is 4. The van der Waals surface area contributed by atoms with Gasteiger partial charge >= 0.3 is 16.1 Å². The van der Waals surface area contributed by atoms with Gasteiger partial charge in [0.2, 0.25) is 23.3 Å². The molecule has 4 N–H and O–H groups in total. The topological polar surface area (TPSA) is 300 Å². The van der Waals surface area contributed by atoms with Crippen molar-refractivity contribution in [2.24, 2.45) is 10.7 Å². The highest BCUT2D eigenvalue weighted by Crippen LogP contribution is 2.34. The Labute approximate surface area is 495 Å². The van der Waals surface area contributed by atoms with E-state index in [0.29, 0.717) is 128 Å². The van der Waals surface area contributed by atoms with Crippen molar-refractivity contribution in [1.82, 2.24) is 15.3 Å². The number of nitrogens with one attached hydrogen (secondary N) is 1. The minimum Gasteiger partial charge on any atom is -0.420 e. The van der Waals surface area contributed by atoms with E-state index in [-0.39, 0.29) is 83.7 Å². The summed E-state index contributed by atoms with van der Waals surface area (Å²) in [5.41, 5.74) is 10.2. The number of benzene rings is 3. The van der Waals surface area contributed by atoms with Gasteiger partial charge in [0.15, 0.2) is 16.5 Å². The van der Waals surface area contributed by atoms with Gasteiger partial charge in [-0.2, -0.15) is 17.2 Å². The average molecular weight is 1250 g/mol. The second-order valence-corrected chi connectivity index (χ2v) is 19.8. The molecular weight excluding hydrogens is 1170 g/mol. The first-order valence-corrected chi connectivity index (χ1v) is 29.2. The molecule has 478 valence electrons. The molecule has 0 unspecified atom stereocenters. The van der Waals surface area contributed by atoms with Gasteiger partial charge in [-0.3, -0.25) is 28.6 Å². The quantitative estimate of drug-likeness (QED) is 0.0136. The van der Waals surface area contributed by atoms with Crippen molar-refractivity contribution in [3.8, 4) is 16.9 Å². The van der Waals surface area contributed by atoms with Crippen LogP contribution in [0.4, 0.5) is 23.2 Å². The fourth-order valence-corrected chi connectivity index (χ4v) is 8.59. The first kappa shape index (κ1) is 70.7. The van der Waals surface area contributed by atoms with Gasteiger partial charge in [-0.1, -0.05) is 31.2 Å². The highest BCUT2D eigenvalue weighted by molar-refractivity contribution is 7.85. The molecule has 3 amide bonds. The number of hydroxylamine groups is 2. The van der Waals surface area contributed by atoms with Crippen molar-refractivity contribution in [1.29, 1.82) is 0 Å². The lowest BCUT2D eigenvalue weighted by molar-refractivity contribution is -0.180. The molecule has 3 aromatic rings. The molecule has 5 rings (SSSR count). The van der Waals surface area contributed by atoms with Gasteiger partial charge in [-0.05, 0) is 48.7 Å².